The van der Waals surface area contributed by atoms with Gasteiger partial charge in [-0.1, -0.05) is 18.2 Å². The van der Waals surface area contributed by atoms with Crippen LogP contribution in [0.4, 0.5) is 20.3 Å². The van der Waals surface area contributed by atoms with Crippen molar-refractivity contribution in [2.75, 3.05) is 18.4 Å². The molecule has 0 unspecified atom stereocenters. The maximum Gasteiger partial charge on any atom is 0.257 e. The van der Waals surface area contributed by atoms with Crippen LogP contribution in [0.15, 0.2) is 42.5 Å². The molecule has 2 N–H and O–H groups in total. The maximum absolute atomic E-state index is 14.4. The number of likely N-dealkylation sites (tertiary alicyclic amines) is 1. The van der Waals surface area contributed by atoms with E-state index in [1.807, 2.05) is 30.9 Å². The van der Waals surface area contributed by atoms with Crippen LogP contribution in [0.3, 0.4) is 0 Å². The van der Waals surface area contributed by atoms with Crippen molar-refractivity contribution < 1.29 is 18.4 Å². The fraction of sp³-hybridized carbons (Fsp3) is 0.308. The summed E-state index contributed by atoms with van der Waals surface area (Å²) >= 11 is 0. The van der Waals surface area contributed by atoms with E-state index in [9.17, 15) is 18.4 Å². The molecule has 2 aromatic carbocycles. The lowest BCUT2D eigenvalue weighted by atomic mass is 9.83. The molecule has 7 nitrogen and oxygen atoms in total. The van der Waals surface area contributed by atoms with Gasteiger partial charge in [0.25, 0.3) is 5.91 Å². The highest BCUT2D eigenvalue weighted by Gasteiger charge is 2.35. The van der Waals surface area contributed by atoms with E-state index in [0.717, 1.165) is 43.6 Å². The summed E-state index contributed by atoms with van der Waals surface area (Å²) in [6.07, 6.45) is 2.06. The predicted octanol–water partition coefficient (Wildman–Crippen LogP) is 4.31. The van der Waals surface area contributed by atoms with Crippen molar-refractivity contribution in [3.05, 3.63) is 70.9 Å². The molecule has 35 heavy (non-hydrogen) atoms. The summed E-state index contributed by atoms with van der Waals surface area (Å²) in [6.45, 7) is 5.53. The summed E-state index contributed by atoms with van der Waals surface area (Å²) in [5.74, 6) is -1.84. The third-order valence-corrected chi connectivity index (χ3v) is 6.61. The normalized spacial score (nSPS) is 15.2. The Labute approximate surface area is 201 Å². The second kappa shape index (κ2) is 8.72. The molecule has 2 aliphatic heterocycles. The van der Waals surface area contributed by atoms with E-state index in [4.69, 9.17) is 0 Å². The minimum absolute atomic E-state index is 0.0950. The number of nitrogens with one attached hydrogen (secondary N) is 2. The molecule has 0 aliphatic carbocycles. The third kappa shape index (κ3) is 4.11. The first kappa shape index (κ1) is 22.9. The Bertz CT molecular complexity index is 1300. The van der Waals surface area contributed by atoms with Gasteiger partial charge in [0.15, 0.2) is 5.82 Å². The number of anilines is 2. The smallest absolute Gasteiger partial charge is 0.257 e. The number of hydrogen-bond acceptors (Lipinski definition) is 5. The fourth-order valence-electron chi connectivity index (χ4n) is 4.59. The van der Waals surface area contributed by atoms with Crippen LogP contribution in [0, 0.1) is 11.6 Å². The average molecular weight is 478 g/mol. The number of hydrogen-bond donors (Lipinski definition) is 2. The minimum Gasteiger partial charge on any atom is -0.346 e. The Balaban J connectivity index is 1.47. The molecule has 0 saturated carbocycles. The van der Waals surface area contributed by atoms with Crippen molar-refractivity contribution in [3.8, 4) is 11.4 Å². The largest absolute Gasteiger partial charge is 0.346 e. The molecule has 1 saturated heterocycles. The number of amides is 2. The zero-order chi connectivity index (χ0) is 24.7. The Morgan fingerprint density at radius 1 is 1.00 bits per heavy atom. The van der Waals surface area contributed by atoms with Gasteiger partial charge in [-0.25, -0.2) is 18.7 Å². The molecule has 3 aromatic rings. The van der Waals surface area contributed by atoms with Crippen molar-refractivity contribution in [2.24, 2.45) is 0 Å². The molecule has 2 aliphatic rings. The van der Waals surface area contributed by atoms with Crippen LogP contribution in [0.2, 0.25) is 0 Å². The number of rotatable bonds is 5. The van der Waals surface area contributed by atoms with Crippen molar-refractivity contribution in [2.45, 2.75) is 38.6 Å². The zero-order valence-corrected chi connectivity index (χ0v) is 19.5. The van der Waals surface area contributed by atoms with Gasteiger partial charge in [0.1, 0.15) is 23.0 Å². The highest BCUT2D eigenvalue weighted by Crippen LogP contribution is 2.32. The van der Waals surface area contributed by atoms with Gasteiger partial charge in [0, 0.05) is 18.8 Å². The van der Waals surface area contributed by atoms with Crippen molar-refractivity contribution >= 4 is 23.3 Å². The summed E-state index contributed by atoms with van der Waals surface area (Å²) in [5.41, 5.74) is 1.03. The number of fused-ring (bicyclic) bond motifs is 1. The van der Waals surface area contributed by atoms with Crippen LogP contribution in [0.25, 0.3) is 11.4 Å². The summed E-state index contributed by atoms with van der Waals surface area (Å²) in [4.78, 5) is 35.9. The third-order valence-electron chi connectivity index (χ3n) is 6.61. The van der Waals surface area contributed by atoms with E-state index in [-0.39, 0.29) is 41.1 Å². The molecule has 0 spiro atoms. The maximum atomic E-state index is 14.4. The first-order valence-electron chi connectivity index (χ1n) is 11.6. The van der Waals surface area contributed by atoms with Crippen molar-refractivity contribution in [3.63, 3.8) is 0 Å². The number of carbonyl (C=O) groups is 2. The van der Waals surface area contributed by atoms with Gasteiger partial charge >= 0.3 is 0 Å². The zero-order valence-electron chi connectivity index (χ0n) is 19.5. The van der Waals surface area contributed by atoms with E-state index >= 15 is 0 Å². The molecule has 1 fully saturated rings. The van der Waals surface area contributed by atoms with E-state index in [1.165, 1.54) is 6.07 Å². The quantitative estimate of drug-likeness (QED) is 0.572. The summed E-state index contributed by atoms with van der Waals surface area (Å²) < 4.78 is 28.8. The molecule has 1 aromatic heterocycles. The standard InChI is InChI=1S/C26H25F2N5O2/c1-26(2,25(35)33-12-3-4-13-33)15-8-10-16(11-9-15)30-23-21-19(14-29-24(21)34)31-22(32-23)20-17(27)6-5-7-18(20)28/h5-11H,3-4,12-14H2,1-2H3,(H,29,34)(H,30,31,32). The predicted molar refractivity (Wildman–Crippen MR) is 127 cm³/mol. The highest BCUT2D eigenvalue weighted by atomic mass is 19.1. The van der Waals surface area contributed by atoms with E-state index in [2.05, 4.69) is 20.6 Å². The summed E-state index contributed by atoms with van der Waals surface area (Å²) in [7, 11) is 0. The van der Waals surface area contributed by atoms with Gasteiger partial charge in [0.2, 0.25) is 5.91 Å². The van der Waals surface area contributed by atoms with Gasteiger partial charge in [0.05, 0.1) is 23.2 Å². The van der Waals surface area contributed by atoms with Crippen LogP contribution >= 0.6 is 0 Å². The monoisotopic (exact) mass is 477 g/mol. The van der Waals surface area contributed by atoms with Crippen LogP contribution < -0.4 is 10.6 Å². The van der Waals surface area contributed by atoms with Gasteiger partial charge in [-0.3, -0.25) is 9.59 Å². The second-order valence-electron chi connectivity index (χ2n) is 9.32. The van der Waals surface area contributed by atoms with E-state index in [1.54, 1.807) is 12.1 Å². The second-order valence-corrected chi connectivity index (χ2v) is 9.32. The molecule has 2 amide bonds. The molecule has 3 heterocycles. The molecule has 0 atom stereocenters. The Morgan fingerprint density at radius 2 is 1.66 bits per heavy atom. The average Bonchev–Trinajstić information content (AvgIpc) is 3.49. The Morgan fingerprint density at radius 3 is 2.31 bits per heavy atom. The van der Waals surface area contributed by atoms with Crippen LogP contribution in [0.1, 0.15) is 48.3 Å². The van der Waals surface area contributed by atoms with E-state index < -0.39 is 17.0 Å². The van der Waals surface area contributed by atoms with Gasteiger partial charge in [-0.15, -0.1) is 0 Å². The topological polar surface area (TPSA) is 87.2 Å². The number of aromatic nitrogens is 2. The lowest BCUT2D eigenvalue weighted by Crippen LogP contribution is -2.41. The Hall–Kier alpha value is -3.88. The lowest BCUT2D eigenvalue weighted by molar-refractivity contribution is -0.135. The molecule has 180 valence electrons. The highest BCUT2D eigenvalue weighted by molar-refractivity contribution is 6.03. The number of halogens is 2. The molecule has 0 bridgehead atoms. The van der Waals surface area contributed by atoms with Gasteiger partial charge in [-0.2, -0.15) is 0 Å². The van der Waals surface area contributed by atoms with Crippen LogP contribution in [-0.2, 0) is 16.8 Å². The van der Waals surface area contributed by atoms with Crippen molar-refractivity contribution in [1.82, 2.24) is 20.2 Å². The van der Waals surface area contributed by atoms with Crippen LogP contribution in [0.5, 0.6) is 0 Å². The molecule has 9 heteroatoms. The Kier molecular flexibility index (Phi) is 5.70. The van der Waals surface area contributed by atoms with Crippen molar-refractivity contribution in [1.29, 1.82) is 0 Å². The van der Waals surface area contributed by atoms with E-state index in [0.29, 0.717) is 11.4 Å². The summed E-state index contributed by atoms with van der Waals surface area (Å²) in [5, 5.41) is 5.77. The lowest BCUT2D eigenvalue weighted by Gasteiger charge is -2.29. The van der Waals surface area contributed by atoms with Gasteiger partial charge in [-0.05, 0) is 56.5 Å². The first-order valence-corrected chi connectivity index (χ1v) is 11.6. The molecular weight excluding hydrogens is 452 g/mol. The summed E-state index contributed by atoms with van der Waals surface area (Å²) in [6, 6.07) is 10.8. The number of benzene rings is 2. The molecule has 5 rings (SSSR count). The molecule has 0 radical (unpaired) electrons. The number of nitrogens with zero attached hydrogens (tertiary/aromatic N) is 3. The van der Waals surface area contributed by atoms with Crippen LogP contribution in [-0.4, -0.2) is 39.8 Å². The van der Waals surface area contributed by atoms with Gasteiger partial charge < -0.3 is 15.5 Å². The molecular formula is C26H25F2N5O2. The fourth-order valence-corrected chi connectivity index (χ4v) is 4.59. The SMILES string of the molecule is CC(C)(C(=O)N1CCCC1)c1ccc(Nc2nc(-c3c(F)cccc3F)nc3c2C(=O)NC3)cc1. The minimum atomic E-state index is -0.789. The number of carbonyl (C=O) groups excluding carboxylic acids is 2. The first-order chi connectivity index (χ1) is 16.8.